The molecule has 0 aromatic heterocycles. The van der Waals surface area contributed by atoms with Crippen molar-refractivity contribution in [3.8, 4) is 0 Å². The predicted molar refractivity (Wildman–Crippen MR) is 46.1 cm³/mol. The first-order valence-corrected chi connectivity index (χ1v) is 4.35. The van der Waals surface area contributed by atoms with Crippen molar-refractivity contribution in [1.29, 1.82) is 0 Å². The van der Waals surface area contributed by atoms with Crippen molar-refractivity contribution in [2.45, 2.75) is 20.3 Å². The summed E-state index contributed by atoms with van der Waals surface area (Å²) in [5.74, 6) is 0.945. The Balaban J connectivity index is 2.32. The Kier molecular flexibility index (Phi) is 1.20. The number of piperidine rings is 1. The topological polar surface area (TPSA) is 29.1 Å². The van der Waals surface area contributed by atoms with Crippen molar-refractivity contribution in [2.75, 3.05) is 0 Å². The van der Waals surface area contributed by atoms with Crippen LogP contribution in [0.15, 0.2) is 0 Å². The number of hydrogen-bond acceptors (Lipinski definition) is 2. The Morgan fingerprint density at radius 2 is 2.36 bits per heavy atom. The molecule has 1 amide bonds. The zero-order valence-electron chi connectivity index (χ0n) is 6.68. The summed E-state index contributed by atoms with van der Waals surface area (Å²) in [6.45, 7) is 4.18. The lowest BCUT2D eigenvalue weighted by molar-refractivity contribution is -0.125. The molecule has 2 rings (SSSR count). The second-order valence-electron chi connectivity index (χ2n) is 3.77. The number of carbonyl (C=O) groups excluding carboxylic acids is 1. The number of rotatable bonds is 1. The Morgan fingerprint density at radius 3 is 2.55 bits per heavy atom. The molecule has 2 atom stereocenters. The Labute approximate surface area is 71.4 Å². The van der Waals surface area contributed by atoms with Crippen molar-refractivity contribution >= 4 is 23.1 Å². The number of thiocarbonyl (C=S) groups is 1. The van der Waals surface area contributed by atoms with Crippen LogP contribution in [0.1, 0.15) is 20.3 Å². The lowest BCUT2D eigenvalue weighted by Gasteiger charge is -2.12. The molecule has 0 bridgehead atoms. The minimum absolute atomic E-state index is 0.100. The van der Waals surface area contributed by atoms with E-state index in [1.165, 1.54) is 0 Å². The predicted octanol–water partition coefficient (Wildman–Crippen LogP) is 1.11. The van der Waals surface area contributed by atoms with E-state index in [0.717, 1.165) is 11.4 Å². The Hall–Kier alpha value is -0.440. The summed E-state index contributed by atoms with van der Waals surface area (Å²) in [5.41, 5.74) is -0.100. The first kappa shape index (κ1) is 7.22. The van der Waals surface area contributed by atoms with Crippen LogP contribution in [0, 0.1) is 17.3 Å². The lowest BCUT2D eigenvalue weighted by Crippen LogP contribution is -2.30. The molecule has 1 aliphatic carbocycles. The van der Waals surface area contributed by atoms with Crippen LogP contribution in [0.25, 0.3) is 0 Å². The zero-order valence-corrected chi connectivity index (χ0v) is 7.49. The molecule has 1 saturated carbocycles. The molecule has 0 aromatic rings. The molecule has 2 aliphatic rings. The fourth-order valence-electron chi connectivity index (χ4n) is 2.07. The molecule has 60 valence electrons. The van der Waals surface area contributed by atoms with Crippen LogP contribution in [0.5, 0.6) is 0 Å². The van der Waals surface area contributed by atoms with Gasteiger partial charge in [-0.1, -0.05) is 26.1 Å². The molecule has 0 aromatic carbocycles. The second kappa shape index (κ2) is 1.83. The standard InChI is InChI=1S/C8H11NOS/c1-4(2)8-3-5(8)6(11)9-7(8)10/h4-5H,3H2,1-2H3,(H,9,10,11)/t5-,8+/m0/s1. The molecule has 0 radical (unpaired) electrons. The van der Waals surface area contributed by atoms with E-state index in [2.05, 4.69) is 19.2 Å². The van der Waals surface area contributed by atoms with Crippen LogP contribution in [0.4, 0.5) is 0 Å². The van der Waals surface area contributed by atoms with E-state index in [0.29, 0.717) is 11.8 Å². The Morgan fingerprint density at radius 1 is 1.73 bits per heavy atom. The van der Waals surface area contributed by atoms with E-state index in [4.69, 9.17) is 12.2 Å². The average molecular weight is 169 g/mol. The van der Waals surface area contributed by atoms with Gasteiger partial charge in [-0.2, -0.15) is 0 Å². The molecule has 1 heterocycles. The maximum absolute atomic E-state index is 11.4. The molecule has 0 spiro atoms. The molecule has 1 saturated heterocycles. The van der Waals surface area contributed by atoms with Gasteiger partial charge in [0.15, 0.2) is 0 Å². The molecule has 1 N–H and O–H groups in total. The number of fused-ring (bicyclic) bond motifs is 1. The van der Waals surface area contributed by atoms with Crippen molar-refractivity contribution in [1.82, 2.24) is 5.32 Å². The van der Waals surface area contributed by atoms with Crippen molar-refractivity contribution in [3.63, 3.8) is 0 Å². The van der Waals surface area contributed by atoms with Crippen molar-refractivity contribution in [3.05, 3.63) is 0 Å². The number of amides is 1. The first-order chi connectivity index (χ1) is 5.09. The minimum atomic E-state index is -0.100. The summed E-state index contributed by atoms with van der Waals surface area (Å²) in [6.07, 6.45) is 0.981. The minimum Gasteiger partial charge on any atom is -0.320 e. The smallest absolute Gasteiger partial charge is 0.231 e. The zero-order chi connectivity index (χ0) is 8.22. The fourth-order valence-corrected chi connectivity index (χ4v) is 2.46. The third-order valence-electron chi connectivity index (χ3n) is 3.01. The van der Waals surface area contributed by atoms with Gasteiger partial charge in [0.05, 0.1) is 10.4 Å². The largest absolute Gasteiger partial charge is 0.320 e. The molecule has 3 heteroatoms. The monoisotopic (exact) mass is 169 g/mol. The van der Waals surface area contributed by atoms with Gasteiger partial charge >= 0.3 is 0 Å². The SMILES string of the molecule is CC(C)[C@]12C[C@H]1C(=S)NC2=O. The third kappa shape index (κ3) is 0.670. The fraction of sp³-hybridized carbons (Fsp3) is 0.750. The number of nitrogens with one attached hydrogen (secondary N) is 1. The van der Waals surface area contributed by atoms with Gasteiger partial charge in [-0.15, -0.1) is 0 Å². The molecule has 0 unspecified atom stereocenters. The van der Waals surface area contributed by atoms with Crippen LogP contribution in [-0.2, 0) is 4.79 Å². The average Bonchev–Trinajstić information content (AvgIpc) is 2.56. The maximum Gasteiger partial charge on any atom is 0.231 e. The number of carbonyl (C=O) groups is 1. The molecular weight excluding hydrogens is 158 g/mol. The summed E-state index contributed by atoms with van der Waals surface area (Å²) in [5, 5.41) is 2.73. The maximum atomic E-state index is 11.4. The van der Waals surface area contributed by atoms with Gasteiger partial charge in [0.25, 0.3) is 0 Å². The highest BCUT2D eigenvalue weighted by atomic mass is 32.1. The molecule has 1 aliphatic heterocycles. The summed E-state index contributed by atoms with van der Waals surface area (Å²) >= 11 is 5.02. The van der Waals surface area contributed by atoms with Gasteiger partial charge < -0.3 is 5.32 Å². The normalized spacial score (nSPS) is 40.8. The first-order valence-electron chi connectivity index (χ1n) is 3.94. The van der Waals surface area contributed by atoms with E-state index in [-0.39, 0.29) is 11.3 Å². The van der Waals surface area contributed by atoms with E-state index < -0.39 is 0 Å². The van der Waals surface area contributed by atoms with Crippen LogP contribution >= 0.6 is 12.2 Å². The lowest BCUT2D eigenvalue weighted by atomic mass is 9.91. The van der Waals surface area contributed by atoms with E-state index in [9.17, 15) is 4.79 Å². The van der Waals surface area contributed by atoms with E-state index >= 15 is 0 Å². The second-order valence-corrected chi connectivity index (χ2v) is 4.21. The Bertz CT molecular complexity index is 248. The van der Waals surface area contributed by atoms with Gasteiger partial charge in [0.2, 0.25) is 5.91 Å². The molecular formula is C8H11NOS. The van der Waals surface area contributed by atoms with Crippen LogP contribution in [-0.4, -0.2) is 10.9 Å². The summed E-state index contributed by atoms with van der Waals surface area (Å²) < 4.78 is 0. The molecule has 2 fully saturated rings. The van der Waals surface area contributed by atoms with E-state index in [1.54, 1.807) is 0 Å². The van der Waals surface area contributed by atoms with Crippen LogP contribution in [0.3, 0.4) is 0 Å². The van der Waals surface area contributed by atoms with Crippen LogP contribution in [0.2, 0.25) is 0 Å². The molecule has 2 nitrogen and oxygen atoms in total. The third-order valence-corrected chi connectivity index (χ3v) is 3.40. The van der Waals surface area contributed by atoms with Crippen LogP contribution < -0.4 is 5.32 Å². The van der Waals surface area contributed by atoms with E-state index in [1.807, 2.05) is 0 Å². The summed E-state index contributed by atoms with van der Waals surface area (Å²) in [6, 6.07) is 0. The van der Waals surface area contributed by atoms with Gasteiger partial charge in [-0.05, 0) is 12.3 Å². The highest BCUT2D eigenvalue weighted by molar-refractivity contribution is 7.80. The number of hydrogen-bond donors (Lipinski definition) is 1. The van der Waals surface area contributed by atoms with Gasteiger partial charge in [-0.25, -0.2) is 0 Å². The highest BCUT2D eigenvalue weighted by Gasteiger charge is 2.67. The van der Waals surface area contributed by atoms with Gasteiger partial charge in [0.1, 0.15) is 0 Å². The van der Waals surface area contributed by atoms with Crippen molar-refractivity contribution in [2.24, 2.45) is 17.3 Å². The summed E-state index contributed by atoms with van der Waals surface area (Å²) in [7, 11) is 0. The highest BCUT2D eigenvalue weighted by Crippen LogP contribution is 2.61. The quantitative estimate of drug-likeness (QED) is 0.596. The van der Waals surface area contributed by atoms with Crippen molar-refractivity contribution < 1.29 is 4.79 Å². The van der Waals surface area contributed by atoms with Gasteiger partial charge in [0, 0.05) is 5.92 Å². The summed E-state index contributed by atoms with van der Waals surface area (Å²) in [4.78, 5) is 12.2. The molecule has 11 heavy (non-hydrogen) atoms. The van der Waals surface area contributed by atoms with Gasteiger partial charge in [-0.3, -0.25) is 4.79 Å².